The van der Waals surface area contributed by atoms with E-state index in [1.165, 1.54) is 25.6 Å². The first-order chi connectivity index (χ1) is 10.1. The van der Waals surface area contributed by atoms with E-state index in [-0.39, 0.29) is 18.6 Å². The average molecular weight is 290 g/mol. The number of nitrogens with one attached hydrogen (secondary N) is 1. The SMILES string of the molecule is COCC(=O)N[C@@H](C)c1ccc(N2CCC[C@H](C)C2)cc1. The third-order valence-corrected chi connectivity index (χ3v) is 4.07. The van der Waals surface area contributed by atoms with Gasteiger partial charge in [0.15, 0.2) is 0 Å². The van der Waals surface area contributed by atoms with Gasteiger partial charge in [0.25, 0.3) is 0 Å². The van der Waals surface area contributed by atoms with Crippen LogP contribution in [-0.4, -0.2) is 32.7 Å². The molecule has 4 heteroatoms. The number of rotatable bonds is 5. The van der Waals surface area contributed by atoms with Crippen molar-refractivity contribution < 1.29 is 9.53 Å². The molecular weight excluding hydrogens is 264 g/mol. The van der Waals surface area contributed by atoms with Crippen molar-refractivity contribution in [2.45, 2.75) is 32.7 Å². The van der Waals surface area contributed by atoms with Gasteiger partial charge in [0.2, 0.25) is 5.91 Å². The predicted molar refractivity (Wildman–Crippen MR) is 85.5 cm³/mol. The minimum absolute atomic E-state index is 0.00183. The maximum Gasteiger partial charge on any atom is 0.246 e. The van der Waals surface area contributed by atoms with Crippen LogP contribution in [0.25, 0.3) is 0 Å². The Hall–Kier alpha value is -1.55. The molecule has 4 nitrogen and oxygen atoms in total. The van der Waals surface area contributed by atoms with Crippen molar-refractivity contribution in [3.63, 3.8) is 0 Å². The molecule has 2 atom stereocenters. The Labute approximate surface area is 127 Å². The predicted octanol–water partition coefficient (Wildman–Crippen LogP) is 2.75. The van der Waals surface area contributed by atoms with Gasteiger partial charge >= 0.3 is 0 Å². The van der Waals surface area contributed by atoms with Gasteiger partial charge in [-0.05, 0) is 43.4 Å². The normalized spacial score (nSPS) is 20.1. The monoisotopic (exact) mass is 290 g/mol. The van der Waals surface area contributed by atoms with Gasteiger partial charge in [-0.3, -0.25) is 4.79 Å². The smallest absolute Gasteiger partial charge is 0.246 e. The van der Waals surface area contributed by atoms with Crippen LogP contribution in [0.2, 0.25) is 0 Å². The van der Waals surface area contributed by atoms with Crippen LogP contribution in [0.5, 0.6) is 0 Å². The summed E-state index contributed by atoms with van der Waals surface area (Å²) in [7, 11) is 1.53. The Balaban J connectivity index is 1.96. The van der Waals surface area contributed by atoms with Crippen LogP contribution in [0.15, 0.2) is 24.3 Å². The number of ether oxygens (including phenoxy) is 1. The van der Waals surface area contributed by atoms with Crippen molar-refractivity contribution in [2.75, 3.05) is 31.7 Å². The van der Waals surface area contributed by atoms with Crippen molar-refractivity contribution in [3.8, 4) is 0 Å². The summed E-state index contributed by atoms with van der Waals surface area (Å²) >= 11 is 0. The molecule has 0 aliphatic carbocycles. The van der Waals surface area contributed by atoms with Gasteiger partial charge in [0.1, 0.15) is 6.61 Å². The third-order valence-electron chi connectivity index (χ3n) is 4.07. The lowest BCUT2D eigenvalue weighted by molar-refractivity contribution is -0.125. The van der Waals surface area contributed by atoms with Gasteiger partial charge < -0.3 is 15.0 Å². The van der Waals surface area contributed by atoms with Crippen molar-refractivity contribution in [3.05, 3.63) is 29.8 Å². The maximum atomic E-state index is 11.5. The van der Waals surface area contributed by atoms with E-state index in [0.717, 1.165) is 24.6 Å². The molecule has 1 heterocycles. The number of hydrogen-bond donors (Lipinski definition) is 1. The van der Waals surface area contributed by atoms with Crippen LogP contribution in [0.1, 0.15) is 38.3 Å². The van der Waals surface area contributed by atoms with Crippen LogP contribution in [-0.2, 0) is 9.53 Å². The van der Waals surface area contributed by atoms with Gasteiger partial charge in [0.05, 0.1) is 6.04 Å². The van der Waals surface area contributed by atoms with Gasteiger partial charge in [-0.15, -0.1) is 0 Å². The summed E-state index contributed by atoms with van der Waals surface area (Å²) in [5, 5.41) is 2.93. The Bertz CT molecular complexity index is 458. The molecule has 0 saturated carbocycles. The molecule has 0 aromatic heterocycles. The molecule has 1 N–H and O–H groups in total. The minimum atomic E-state index is -0.0843. The topological polar surface area (TPSA) is 41.6 Å². The van der Waals surface area contributed by atoms with E-state index in [9.17, 15) is 4.79 Å². The molecule has 21 heavy (non-hydrogen) atoms. The highest BCUT2D eigenvalue weighted by Gasteiger charge is 2.17. The Kier molecular flexibility index (Phi) is 5.62. The van der Waals surface area contributed by atoms with E-state index in [1.807, 2.05) is 6.92 Å². The van der Waals surface area contributed by atoms with Crippen LogP contribution in [0.4, 0.5) is 5.69 Å². The Morgan fingerprint density at radius 1 is 1.43 bits per heavy atom. The fourth-order valence-electron chi connectivity index (χ4n) is 2.90. The fraction of sp³-hybridized carbons (Fsp3) is 0.588. The summed E-state index contributed by atoms with van der Waals surface area (Å²) in [5.74, 6) is 0.685. The van der Waals surface area contributed by atoms with Crippen molar-refractivity contribution in [1.82, 2.24) is 5.32 Å². The second-order valence-corrected chi connectivity index (χ2v) is 6.01. The number of benzene rings is 1. The second-order valence-electron chi connectivity index (χ2n) is 6.01. The molecule has 0 unspecified atom stereocenters. The van der Waals surface area contributed by atoms with Gasteiger partial charge in [-0.25, -0.2) is 0 Å². The highest BCUT2D eigenvalue weighted by atomic mass is 16.5. The lowest BCUT2D eigenvalue weighted by Gasteiger charge is -2.33. The molecule has 1 aromatic carbocycles. The van der Waals surface area contributed by atoms with Crippen LogP contribution < -0.4 is 10.2 Å². The minimum Gasteiger partial charge on any atom is -0.375 e. The standard InChI is InChI=1S/C17H26N2O2/c1-13-5-4-10-19(11-13)16-8-6-15(7-9-16)14(2)18-17(20)12-21-3/h6-9,13-14H,4-5,10-12H2,1-3H3,(H,18,20)/t13-,14-/m0/s1. The number of amides is 1. The molecular formula is C17H26N2O2. The number of methoxy groups -OCH3 is 1. The summed E-state index contributed by atoms with van der Waals surface area (Å²) in [4.78, 5) is 14.0. The van der Waals surface area contributed by atoms with E-state index in [0.29, 0.717) is 0 Å². The number of carbonyl (C=O) groups excluding carboxylic acids is 1. The van der Waals surface area contributed by atoms with Crippen LogP contribution in [0, 0.1) is 5.92 Å². The second kappa shape index (κ2) is 7.46. The number of hydrogen-bond acceptors (Lipinski definition) is 3. The molecule has 1 fully saturated rings. The zero-order chi connectivity index (χ0) is 15.2. The fourth-order valence-corrected chi connectivity index (χ4v) is 2.90. The van der Waals surface area contributed by atoms with Crippen LogP contribution in [0.3, 0.4) is 0 Å². The van der Waals surface area contributed by atoms with Crippen molar-refractivity contribution in [2.24, 2.45) is 5.92 Å². The lowest BCUT2D eigenvalue weighted by Crippen LogP contribution is -2.34. The number of nitrogens with zero attached hydrogens (tertiary/aromatic N) is 1. The number of carbonyl (C=O) groups is 1. The zero-order valence-electron chi connectivity index (χ0n) is 13.3. The van der Waals surface area contributed by atoms with E-state index >= 15 is 0 Å². The lowest BCUT2D eigenvalue weighted by atomic mass is 9.99. The highest BCUT2D eigenvalue weighted by Crippen LogP contribution is 2.24. The van der Waals surface area contributed by atoms with E-state index < -0.39 is 0 Å². The van der Waals surface area contributed by atoms with Crippen molar-refractivity contribution in [1.29, 1.82) is 0 Å². The molecule has 1 aliphatic rings. The first-order valence-corrected chi connectivity index (χ1v) is 7.73. The summed E-state index contributed by atoms with van der Waals surface area (Å²) in [6, 6.07) is 8.53. The third kappa shape index (κ3) is 4.46. The summed E-state index contributed by atoms with van der Waals surface area (Å²) < 4.78 is 4.83. The first-order valence-electron chi connectivity index (χ1n) is 7.73. The van der Waals surface area contributed by atoms with Crippen molar-refractivity contribution >= 4 is 11.6 Å². The summed E-state index contributed by atoms with van der Waals surface area (Å²) in [5.41, 5.74) is 2.40. The maximum absolute atomic E-state index is 11.5. The molecule has 116 valence electrons. The Morgan fingerprint density at radius 3 is 2.76 bits per heavy atom. The van der Waals surface area contributed by atoms with E-state index in [4.69, 9.17) is 4.74 Å². The quantitative estimate of drug-likeness (QED) is 0.906. The number of anilines is 1. The van der Waals surface area contributed by atoms with Gasteiger partial charge in [0, 0.05) is 25.9 Å². The molecule has 0 spiro atoms. The molecule has 1 saturated heterocycles. The molecule has 1 aliphatic heterocycles. The van der Waals surface area contributed by atoms with E-state index in [2.05, 4.69) is 41.4 Å². The largest absolute Gasteiger partial charge is 0.375 e. The molecule has 1 amide bonds. The molecule has 0 radical (unpaired) electrons. The summed E-state index contributed by atoms with van der Waals surface area (Å²) in [6.07, 6.45) is 2.60. The molecule has 2 rings (SSSR count). The van der Waals surface area contributed by atoms with E-state index in [1.54, 1.807) is 0 Å². The zero-order valence-corrected chi connectivity index (χ0v) is 13.3. The number of piperidine rings is 1. The first kappa shape index (κ1) is 15.8. The van der Waals surface area contributed by atoms with Gasteiger partial charge in [-0.2, -0.15) is 0 Å². The van der Waals surface area contributed by atoms with Crippen LogP contribution >= 0.6 is 0 Å². The highest BCUT2D eigenvalue weighted by molar-refractivity contribution is 5.77. The molecule has 0 bridgehead atoms. The summed E-state index contributed by atoms with van der Waals surface area (Å²) in [6.45, 7) is 6.69. The average Bonchev–Trinajstić information content (AvgIpc) is 2.47. The Morgan fingerprint density at radius 2 is 2.14 bits per heavy atom. The molecule has 1 aromatic rings. The van der Waals surface area contributed by atoms with Gasteiger partial charge in [-0.1, -0.05) is 19.1 Å².